The van der Waals surface area contributed by atoms with E-state index in [1.165, 1.54) is 16.2 Å². The minimum absolute atomic E-state index is 0.0950. The topological polar surface area (TPSA) is 85.1 Å². The molecule has 1 aromatic carbocycles. The third-order valence-corrected chi connectivity index (χ3v) is 5.82. The molecular formula is C14H17N3O2S2. The van der Waals surface area contributed by atoms with Gasteiger partial charge >= 0.3 is 0 Å². The first kappa shape index (κ1) is 14.3. The Morgan fingerprint density at radius 3 is 2.86 bits per heavy atom. The molecule has 0 aliphatic heterocycles. The van der Waals surface area contributed by atoms with Gasteiger partial charge in [0.1, 0.15) is 0 Å². The smallest absolute Gasteiger partial charge is 0.238 e. The van der Waals surface area contributed by atoms with Crippen LogP contribution in [0, 0.1) is 0 Å². The maximum atomic E-state index is 12.2. The summed E-state index contributed by atoms with van der Waals surface area (Å²) in [7, 11) is -3.46. The zero-order valence-corrected chi connectivity index (χ0v) is 13.1. The van der Waals surface area contributed by atoms with E-state index in [-0.39, 0.29) is 5.75 Å². The minimum atomic E-state index is -3.46. The fourth-order valence-corrected chi connectivity index (χ4v) is 4.92. The second-order valence-electron chi connectivity index (χ2n) is 5.20. The number of nitrogens with two attached hydrogens (primary N) is 1. The first-order valence-electron chi connectivity index (χ1n) is 6.85. The molecule has 0 spiro atoms. The third-order valence-electron chi connectivity index (χ3n) is 3.40. The van der Waals surface area contributed by atoms with E-state index in [4.69, 9.17) is 5.73 Å². The SMILES string of the molecule is Nc1cccc(CS(=O)(=O)Nc2nc3c(s2)CCCC3)c1. The van der Waals surface area contributed by atoms with Gasteiger partial charge in [-0.25, -0.2) is 13.4 Å². The second-order valence-corrected chi connectivity index (χ2v) is 8.01. The molecule has 7 heteroatoms. The van der Waals surface area contributed by atoms with Crippen molar-refractivity contribution in [1.29, 1.82) is 0 Å². The number of aromatic nitrogens is 1. The maximum absolute atomic E-state index is 12.2. The van der Waals surface area contributed by atoms with Crippen LogP contribution < -0.4 is 10.5 Å². The molecule has 1 aliphatic rings. The van der Waals surface area contributed by atoms with Gasteiger partial charge in [-0.1, -0.05) is 12.1 Å². The summed E-state index contributed by atoms with van der Waals surface area (Å²) in [6, 6.07) is 6.91. The molecular weight excluding hydrogens is 306 g/mol. The molecule has 0 saturated heterocycles. The molecule has 3 N–H and O–H groups in total. The van der Waals surface area contributed by atoms with Gasteiger partial charge in [0.2, 0.25) is 10.0 Å². The molecule has 21 heavy (non-hydrogen) atoms. The Bertz CT molecular complexity index is 730. The van der Waals surface area contributed by atoms with E-state index in [1.807, 2.05) is 0 Å². The lowest BCUT2D eigenvalue weighted by molar-refractivity contribution is 0.600. The Kier molecular flexibility index (Phi) is 3.86. The molecule has 3 rings (SSSR count). The van der Waals surface area contributed by atoms with Crippen molar-refractivity contribution in [3.05, 3.63) is 40.4 Å². The summed E-state index contributed by atoms with van der Waals surface area (Å²) in [5, 5.41) is 0.478. The molecule has 0 fully saturated rings. The van der Waals surface area contributed by atoms with E-state index >= 15 is 0 Å². The van der Waals surface area contributed by atoms with Crippen molar-refractivity contribution in [3.8, 4) is 0 Å². The molecule has 5 nitrogen and oxygen atoms in total. The summed E-state index contributed by atoms with van der Waals surface area (Å²) in [4.78, 5) is 5.61. The van der Waals surface area contributed by atoms with Crippen LogP contribution in [0.25, 0.3) is 0 Å². The number of sulfonamides is 1. The lowest BCUT2D eigenvalue weighted by atomic mass is 10.0. The normalized spacial score (nSPS) is 14.7. The number of benzene rings is 1. The number of thiazole rings is 1. The van der Waals surface area contributed by atoms with Crippen LogP contribution in [-0.4, -0.2) is 13.4 Å². The second kappa shape index (κ2) is 5.65. The number of nitrogen functional groups attached to an aromatic ring is 1. The van der Waals surface area contributed by atoms with Gasteiger partial charge in [-0.15, -0.1) is 11.3 Å². The van der Waals surface area contributed by atoms with Gasteiger partial charge in [0, 0.05) is 10.6 Å². The summed E-state index contributed by atoms with van der Waals surface area (Å²) in [5.41, 5.74) is 7.95. The molecule has 0 unspecified atom stereocenters. The largest absolute Gasteiger partial charge is 0.399 e. The lowest BCUT2D eigenvalue weighted by Gasteiger charge is -2.06. The van der Waals surface area contributed by atoms with Gasteiger partial charge < -0.3 is 5.73 Å². The zero-order valence-electron chi connectivity index (χ0n) is 11.5. The predicted octanol–water partition coefficient (Wildman–Crippen LogP) is 2.55. The van der Waals surface area contributed by atoms with Crippen molar-refractivity contribution in [2.24, 2.45) is 0 Å². The number of fused-ring (bicyclic) bond motifs is 1. The zero-order chi connectivity index (χ0) is 14.9. The van der Waals surface area contributed by atoms with Gasteiger partial charge in [0.15, 0.2) is 5.13 Å². The number of nitrogens with one attached hydrogen (secondary N) is 1. The van der Waals surface area contributed by atoms with Crippen molar-refractivity contribution in [2.75, 3.05) is 10.5 Å². The minimum Gasteiger partial charge on any atom is -0.399 e. The van der Waals surface area contributed by atoms with Gasteiger partial charge in [-0.2, -0.15) is 0 Å². The quantitative estimate of drug-likeness (QED) is 0.847. The van der Waals surface area contributed by atoms with Gasteiger partial charge in [0.05, 0.1) is 11.4 Å². The Labute approximate surface area is 128 Å². The van der Waals surface area contributed by atoms with Crippen LogP contribution in [0.1, 0.15) is 29.0 Å². The number of nitrogens with zero attached hydrogens (tertiary/aromatic N) is 1. The molecule has 0 amide bonds. The van der Waals surface area contributed by atoms with Crippen LogP contribution in [0.15, 0.2) is 24.3 Å². The van der Waals surface area contributed by atoms with E-state index in [9.17, 15) is 8.42 Å². The standard InChI is InChI=1S/C14H17N3O2S2/c15-11-5-3-4-10(8-11)9-21(18,19)17-14-16-12-6-1-2-7-13(12)20-14/h3-5,8H,1-2,6-7,9,15H2,(H,16,17). The highest BCUT2D eigenvalue weighted by Gasteiger charge is 2.19. The van der Waals surface area contributed by atoms with Crippen molar-refractivity contribution in [1.82, 2.24) is 4.98 Å². The van der Waals surface area contributed by atoms with Crippen molar-refractivity contribution >= 4 is 32.2 Å². The third kappa shape index (κ3) is 3.54. The van der Waals surface area contributed by atoms with E-state index < -0.39 is 10.0 Å². The van der Waals surface area contributed by atoms with Crippen LogP contribution in [-0.2, 0) is 28.6 Å². The highest BCUT2D eigenvalue weighted by molar-refractivity contribution is 7.92. The number of rotatable bonds is 4. The Morgan fingerprint density at radius 1 is 1.29 bits per heavy atom. The summed E-state index contributed by atoms with van der Waals surface area (Å²) in [5.74, 6) is -0.0950. The number of hydrogen-bond acceptors (Lipinski definition) is 5. The molecule has 1 aromatic heterocycles. The maximum Gasteiger partial charge on any atom is 0.238 e. The summed E-state index contributed by atoms with van der Waals surface area (Å²) in [6.45, 7) is 0. The first-order valence-corrected chi connectivity index (χ1v) is 9.32. The Morgan fingerprint density at radius 2 is 2.10 bits per heavy atom. The molecule has 0 saturated carbocycles. The molecule has 0 radical (unpaired) electrons. The fraction of sp³-hybridized carbons (Fsp3) is 0.357. The summed E-state index contributed by atoms with van der Waals surface area (Å²) in [6.07, 6.45) is 4.24. The lowest BCUT2D eigenvalue weighted by Crippen LogP contribution is -2.15. The number of anilines is 2. The fourth-order valence-electron chi connectivity index (χ4n) is 2.47. The van der Waals surface area contributed by atoms with Crippen LogP contribution in [0.4, 0.5) is 10.8 Å². The molecule has 1 heterocycles. The van der Waals surface area contributed by atoms with Crippen LogP contribution in [0.5, 0.6) is 0 Å². The average Bonchev–Trinajstić information content (AvgIpc) is 2.79. The Hall–Kier alpha value is -1.60. The summed E-state index contributed by atoms with van der Waals surface area (Å²) < 4.78 is 27.0. The van der Waals surface area contributed by atoms with Crippen molar-refractivity contribution in [2.45, 2.75) is 31.4 Å². The van der Waals surface area contributed by atoms with E-state index in [0.717, 1.165) is 31.4 Å². The number of aryl methyl sites for hydroxylation is 2. The van der Waals surface area contributed by atoms with Crippen LogP contribution in [0.2, 0.25) is 0 Å². The Balaban J connectivity index is 1.75. The molecule has 112 valence electrons. The van der Waals surface area contributed by atoms with E-state index in [2.05, 4.69) is 9.71 Å². The highest BCUT2D eigenvalue weighted by Crippen LogP contribution is 2.30. The van der Waals surface area contributed by atoms with Crippen molar-refractivity contribution < 1.29 is 8.42 Å². The predicted molar refractivity (Wildman–Crippen MR) is 85.9 cm³/mol. The van der Waals surface area contributed by atoms with Gasteiger partial charge in [-0.05, 0) is 43.4 Å². The monoisotopic (exact) mass is 323 g/mol. The van der Waals surface area contributed by atoms with Gasteiger partial charge in [0.25, 0.3) is 0 Å². The molecule has 1 aliphatic carbocycles. The molecule has 2 aromatic rings. The first-order chi connectivity index (χ1) is 10.0. The summed E-state index contributed by atoms with van der Waals surface area (Å²) >= 11 is 1.45. The van der Waals surface area contributed by atoms with Gasteiger partial charge in [-0.3, -0.25) is 4.72 Å². The van der Waals surface area contributed by atoms with Crippen molar-refractivity contribution in [3.63, 3.8) is 0 Å². The van der Waals surface area contributed by atoms with Crippen LogP contribution in [0.3, 0.4) is 0 Å². The molecule has 0 atom stereocenters. The van der Waals surface area contributed by atoms with E-state index in [1.54, 1.807) is 24.3 Å². The highest BCUT2D eigenvalue weighted by atomic mass is 32.2. The number of hydrogen-bond donors (Lipinski definition) is 2. The van der Waals surface area contributed by atoms with E-state index in [0.29, 0.717) is 16.4 Å². The average molecular weight is 323 g/mol. The molecule has 0 bridgehead atoms. The van der Waals surface area contributed by atoms with Crippen LogP contribution >= 0.6 is 11.3 Å².